The Morgan fingerprint density at radius 1 is 0.944 bits per heavy atom. The molecule has 0 saturated carbocycles. The van der Waals surface area contributed by atoms with E-state index in [0.29, 0.717) is 0 Å². The van der Waals surface area contributed by atoms with E-state index in [1.165, 1.54) is 48.3 Å². The van der Waals surface area contributed by atoms with Gasteiger partial charge in [-0.15, -0.1) is 19.7 Å². The first-order chi connectivity index (χ1) is 24.7. The molecule has 0 spiro atoms. The number of non-ortho nitro benzene ring substituents is 1. The number of aromatic hydroxyl groups is 1. The van der Waals surface area contributed by atoms with Gasteiger partial charge in [0, 0.05) is 25.2 Å². The number of phenols is 1. The van der Waals surface area contributed by atoms with Crippen LogP contribution in [0.1, 0.15) is 0 Å². The Kier molecular flexibility index (Phi) is 15.4. The van der Waals surface area contributed by atoms with E-state index in [4.69, 9.17) is 22.6 Å². The quantitative estimate of drug-likeness (QED) is 0.0184. The number of azo groups is 2. The summed E-state index contributed by atoms with van der Waals surface area (Å²) in [5.41, 5.74) is 4.27. The van der Waals surface area contributed by atoms with Crippen molar-refractivity contribution in [3.05, 3.63) is 69.7 Å². The fourth-order valence-electron chi connectivity index (χ4n) is 4.42. The molecule has 0 heterocycles. The molecule has 0 unspecified atom stereocenters. The van der Waals surface area contributed by atoms with Crippen LogP contribution in [0.2, 0.25) is 5.02 Å². The predicted octanol–water partition coefficient (Wildman–Crippen LogP) is 2.45. The van der Waals surface area contributed by atoms with Crippen LogP contribution in [0.3, 0.4) is 0 Å². The van der Waals surface area contributed by atoms with E-state index in [1.54, 1.807) is 0 Å². The van der Waals surface area contributed by atoms with Crippen molar-refractivity contribution in [3.63, 3.8) is 0 Å². The number of phenolic OH excluding ortho intramolecular Hbond substituents is 1. The maximum Gasteiger partial charge on any atom is 1.00 e. The molecular formula is C27H25ClN7NaO14S4. The number of fused-ring (bicyclic) bond motifs is 1. The standard InChI is InChI=1S/C27H26ClN7O14S4.Na/c1-34(9-11-52(42,43)44)8-10-51(40,41)18-5-2-16(3-6-18)30-33-26-22(53(45,46)47)13-15-12-21(50-49-48-39)25(27(36)23(15)24(26)29)32-31-20-7-4-17(35(37)38)14-19(20)28;/h2-7,12-14,36,39H,8-11,29H2,1H3,(H,42,43,44)(H,45,46,47);/q;+1/p-1. The number of nitrogens with zero attached hydrogens (tertiary/aromatic N) is 6. The summed E-state index contributed by atoms with van der Waals surface area (Å²) in [5, 5.41) is 49.7. The van der Waals surface area contributed by atoms with Crippen molar-refractivity contribution in [2.45, 2.75) is 14.7 Å². The molecule has 4 rings (SSSR count). The zero-order chi connectivity index (χ0) is 39.3. The topological polar surface area (TPSA) is 326 Å². The van der Waals surface area contributed by atoms with Crippen LogP contribution < -0.4 is 35.3 Å². The van der Waals surface area contributed by atoms with Gasteiger partial charge in [-0.1, -0.05) is 16.6 Å². The third-order valence-electron chi connectivity index (χ3n) is 7.07. The maximum atomic E-state index is 12.8. The molecule has 0 amide bonds. The van der Waals surface area contributed by atoms with Gasteiger partial charge in [-0.25, -0.2) is 22.1 Å². The Morgan fingerprint density at radius 2 is 1.57 bits per heavy atom. The van der Waals surface area contributed by atoms with Gasteiger partial charge in [0.1, 0.15) is 22.0 Å². The minimum Gasteiger partial charge on any atom is -0.748 e. The average molecular weight is 858 g/mol. The Hall–Kier alpha value is -3.41. The minimum atomic E-state index is -5.07. The van der Waals surface area contributed by atoms with E-state index in [9.17, 15) is 49.6 Å². The molecule has 21 nitrogen and oxygen atoms in total. The van der Waals surface area contributed by atoms with Crippen LogP contribution in [-0.4, -0.2) is 86.2 Å². The second-order valence-corrected chi connectivity index (χ2v) is 16.9. The molecule has 0 saturated heterocycles. The van der Waals surface area contributed by atoms with E-state index < -0.39 is 74.2 Å². The van der Waals surface area contributed by atoms with Crippen LogP contribution in [0.15, 0.2) is 89.7 Å². The molecular weight excluding hydrogens is 833 g/mol. The first kappa shape index (κ1) is 45.0. The molecule has 4 aromatic rings. The number of benzene rings is 4. The van der Waals surface area contributed by atoms with Gasteiger partial charge in [0.05, 0.1) is 70.2 Å². The second-order valence-electron chi connectivity index (χ2n) is 10.7. The van der Waals surface area contributed by atoms with E-state index in [0.717, 1.165) is 18.2 Å². The minimum absolute atomic E-state index is 0. The van der Waals surface area contributed by atoms with Gasteiger partial charge < -0.3 is 20.3 Å². The average Bonchev–Trinajstić information content (AvgIpc) is 3.07. The smallest absolute Gasteiger partial charge is 0.748 e. The monoisotopic (exact) mass is 857 g/mol. The number of nitrogen functional groups attached to an aromatic ring is 1. The molecule has 0 aliphatic carbocycles. The number of nitro benzene ring substituents is 1. The van der Waals surface area contributed by atoms with Gasteiger partial charge in [0.15, 0.2) is 15.6 Å². The first-order valence-electron chi connectivity index (χ1n) is 14.2. The van der Waals surface area contributed by atoms with Crippen molar-refractivity contribution in [1.82, 2.24) is 4.90 Å². The van der Waals surface area contributed by atoms with Crippen LogP contribution in [0.25, 0.3) is 10.8 Å². The van der Waals surface area contributed by atoms with Gasteiger partial charge in [-0.2, -0.15) is 13.5 Å². The van der Waals surface area contributed by atoms with Crippen LogP contribution in [0.5, 0.6) is 5.75 Å². The summed E-state index contributed by atoms with van der Waals surface area (Å²) in [4.78, 5) is 10.6. The largest absolute Gasteiger partial charge is 1.00 e. The van der Waals surface area contributed by atoms with Crippen molar-refractivity contribution in [2.24, 2.45) is 20.5 Å². The summed E-state index contributed by atoms with van der Waals surface area (Å²) in [6.45, 7) is -0.250. The summed E-state index contributed by atoms with van der Waals surface area (Å²) in [6, 6.07) is 10.1. The molecule has 0 fully saturated rings. The van der Waals surface area contributed by atoms with Crippen molar-refractivity contribution < 1.29 is 88.6 Å². The number of anilines is 1. The number of nitrogens with two attached hydrogens (primary N) is 1. The van der Waals surface area contributed by atoms with Gasteiger partial charge in [0.25, 0.3) is 15.8 Å². The third kappa shape index (κ3) is 11.6. The summed E-state index contributed by atoms with van der Waals surface area (Å²) in [6.07, 6.45) is 0. The van der Waals surface area contributed by atoms with Crippen molar-refractivity contribution >= 4 is 98.6 Å². The molecule has 0 radical (unpaired) electrons. The zero-order valence-electron chi connectivity index (χ0n) is 27.6. The third-order valence-corrected chi connectivity index (χ3v) is 11.3. The Morgan fingerprint density at radius 3 is 2.15 bits per heavy atom. The molecule has 0 aromatic heterocycles. The SMILES string of the molecule is CN(CCS(=O)(=O)[O-])CCS(=O)(=O)c1ccc(N=Nc2c(S(=O)(=O)O)cc3cc(SOOO)c(N=Nc4ccc([N+](=O)[O-])cc4Cl)c(O)c3c2N)cc1.[Na+]. The molecule has 5 N–H and O–H groups in total. The number of sulfone groups is 1. The van der Waals surface area contributed by atoms with Crippen molar-refractivity contribution in [1.29, 1.82) is 0 Å². The molecule has 0 bridgehead atoms. The predicted molar refractivity (Wildman–Crippen MR) is 188 cm³/mol. The second kappa shape index (κ2) is 18.5. The van der Waals surface area contributed by atoms with Crippen LogP contribution >= 0.6 is 23.6 Å². The summed E-state index contributed by atoms with van der Waals surface area (Å²) >= 11 is 6.37. The van der Waals surface area contributed by atoms with Crippen LogP contribution in [-0.2, 0) is 39.4 Å². The van der Waals surface area contributed by atoms with E-state index in [1.807, 2.05) is 0 Å². The van der Waals surface area contributed by atoms with Crippen LogP contribution in [0, 0.1) is 10.1 Å². The van der Waals surface area contributed by atoms with Gasteiger partial charge >= 0.3 is 29.6 Å². The Balaban J connectivity index is 0.00000784. The number of halogens is 1. The molecule has 284 valence electrons. The van der Waals surface area contributed by atoms with Crippen molar-refractivity contribution in [2.75, 3.05) is 37.4 Å². The van der Waals surface area contributed by atoms with Gasteiger partial charge in [-0.05, 0) is 54.9 Å². The Bertz CT molecular complexity index is 2460. The van der Waals surface area contributed by atoms with E-state index in [2.05, 4.69) is 29.8 Å². The molecule has 54 heavy (non-hydrogen) atoms. The normalized spacial score (nSPS) is 12.6. The molecule has 0 aliphatic rings. The molecule has 0 atom stereocenters. The summed E-state index contributed by atoms with van der Waals surface area (Å²) < 4.78 is 97.5. The molecule has 27 heteroatoms. The summed E-state index contributed by atoms with van der Waals surface area (Å²) in [7, 11) is -12.0. The van der Waals surface area contributed by atoms with E-state index >= 15 is 0 Å². The fraction of sp³-hybridized carbons (Fsp3) is 0.185. The number of hydrogen-bond donors (Lipinski definition) is 4. The number of rotatable bonds is 16. The van der Waals surface area contributed by atoms with Crippen molar-refractivity contribution in [3.8, 4) is 5.75 Å². The summed E-state index contributed by atoms with van der Waals surface area (Å²) in [5.74, 6) is -1.86. The molecule has 0 aliphatic heterocycles. The Labute approximate surface area is 337 Å². The first-order valence-corrected chi connectivity index (χ1v) is 20.0. The molecule has 4 aromatic carbocycles. The maximum absolute atomic E-state index is 12.8. The zero-order valence-corrected chi connectivity index (χ0v) is 33.7. The van der Waals surface area contributed by atoms with E-state index in [-0.39, 0.29) is 97.3 Å². The van der Waals surface area contributed by atoms with Gasteiger partial charge in [0.2, 0.25) is 0 Å². The van der Waals surface area contributed by atoms with Gasteiger partial charge in [-0.3, -0.25) is 14.7 Å². The van der Waals surface area contributed by atoms with Crippen LogP contribution in [0.4, 0.5) is 34.1 Å². The number of nitro groups is 1. The number of hydrogen-bond acceptors (Lipinski definition) is 20. The fourth-order valence-corrected chi connectivity index (χ4v) is 7.67.